The number of esters is 1. The molecular weight excluding hydrogens is 402 g/mol. The van der Waals surface area contributed by atoms with Crippen molar-refractivity contribution >= 4 is 28.7 Å². The average molecular weight is 425 g/mol. The lowest BCUT2D eigenvalue weighted by molar-refractivity contribution is 0.0600. The van der Waals surface area contributed by atoms with Gasteiger partial charge in [-0.25, -0.2) is 9.78 Å². The Morgan fingerprint density at radius 2 is 1.59 bits per heavy atom. The Kier molecular flexibility index (Phi) is 4.98. The van der Waals surface area contributed by atoms with E-state index in [1.165, 1.54) is 7.11 Å². The van der Waals surface area contributed by atoms with Crippen LogP contribution in [-0.2, 0) is 4.74 Å². The van der Waals surface area contributed by atoms with Gasteiger partial charge in [0.05, 0.1) is 35.7 Å². The van der Waals surface area contributed by atoms with E-state index in [9.17, 15) is 9.59 Å². The van der Waals surface area contributed by atoms with Crippen LogP contribution < -0.4 is 5.32 Å². The Morgan fingerprint density at radius 1 is 0.906 bits per heavy atom. The Bertz CT molecular complexity index is 1300. The minimum atomic E-state index is -0.388. The Hall–Kier alpha value is -3.93. The Labute approximate surface area is 185 Å². The van der Waals surface area contributed by atoms with Gasteiger partial charge in [0.15, 0.2) is 5.78 Å². The highest BCUT2D eigenvalue weighted by molar-refractivity contribution is 5.99. The maximum atomic E-state index is 13.7. The molecule has 6 heteroatoms. The van der Waals surface area contributed by atoms with Crippen molar-refractivity contribution in [3.8, 4) is 0 Å². The van der Waals surface area contributed by atoms with E-state index < -0.39 is 0 Å². The van der Waals surface area contributed by atoms with Gasteiger partial charge < -0.3 is 14.6 Å². The Morgan fingerprint density at radius 3 is 2.31 bits per heavy atom. The normalized spacial score (nSPS) is 19.8. The van der Waals surface area contributed by atoms with Crippen molar-refractivity contribution in [1.29, 1.82) is 0 Å². The molecule has 32 heavy (non-hydrogen) atoms. The van der Waals surface area contributed by atoms with Gasteiger partial charge in [0, 0.05) is 11.6 Å². The van der Waals surface area contributed by atoms with Crippen molar-refractivity contribution in [3.63, 3.8) is 0 Å². The van der Waals surface area contributed by atoms with Crippen LogP contribution in [0.15, 0.2) is 78.9 Å². The quantitative estimate of drug-likeness (QED) is 0.378. The number of anilines is 1. The molecule has 1 aromatic heterocycles. The predicted octanol–water partition coefficient (Wildman–Crippen LogP) is 4.73. The van der Waals surface area contributed by atoms with Crippen LogP contribution in [0.3, 0.4) is 0 Å². The summed E-state index contributed by atoms with van der Waals surface area (Å²) in [4.78, 5) is 30.4. The number of ketones is 1. The third-order valence-electron chi connectivity index (χ3n) is 6.14. The number of fused-ring (bicyclic) bond motifs is 3. The largest absolute Gasteiger partial charge is 0.465 e. The highest BCUT2D eigenvalue weighted by atomic mass is 16.5. The third kappa shape index (κ3) is 3.24. The fourth-order valence-electron chi connectivity index (χ4n) is 4.61. The summed E-state index contributed by atoms with van der Waals surface area (Å²) in [7, 11) is 1.36. The summed E-state index contributed by atoms with van der Waals surface area (Å²) < 4.78 is 6.94. The summed E-state index contributed by atoms with van der Waals surface area (Å²) in [5.41, 5.74) is 3.90. The molecule has 6 nitrogen and oxygen atoms in total. The van der Waals surface area contributed by atoms with Gasteiger partial charge in [-0.1, -0.05) is 54.6 Å². The van der Waals surface area contributed by atoms with E-state index in [-0.39, 0.29) is 29.8 Å². The van der Waals surface area contributed by atoms with Gasteiger partial charge in [-0.05, 0) is 36.8 Å². The molecule has 0 radical (unpaired) electrons. The van der Waals surface area contributed by atoms with Crippen molar-refractivity contribution in [2.45, 2.75) is 19.0 Å². The number of carbonyl (C=O) groups is 2. The molecule has 0 bridgehead atoms. The van der Waals surface area contributed by atoms with E-state index in [2.05, 4.69) is 9.88 Å². The minimum absolute atomic E-state index is 0.0658. The maximum absolute atomic E-state index is 13.7. The fourth-order valence-corrected chi connectivity index (χ4v) is 4.61. The van der Waals surface area contributed by atoms with Crippen molar-refractivity contribution in [1.82, 2.24) is 9.55 Å². The Balaban J connectivity index is 1.69. The van der Waals surface area contributed by atoms with Gasteiger partial charge in [-0.2, -0.15) is 0 Å². The van der Waals surface area contributed by atoms with Crippen molar-refractivity contribution in [3.05, 3.63) is 95.6 Å². The number of aromatic nitrogens is 2. The number of imidazole rings is 1. The number of hydrogen-bond donors (Lipinski definition) is 1. The van der Waals surface area contributed by atoms with Crippen LogP contribution in [0.4, 0.5) is 5.95 Å². The van der Waals surface area contributed by atoms with Gasteiger partial charge in [-0.15, -0.1) is 0 Å². The molecule has 3 atom stereocenters. The molecule has 2 heterocycles. The van der Waals surface area contributed by atoms with E-state index in [0.717, 1.165) is 22.5 Å². The first-order valence-corrected chi connectivity index (χ1v) is 10.6. The van der Waals surface area contributed by atoms with Gasteiger partial charge in [-0.3, -0.25) is 4.79 Å². The monoisotopic (exact) mass is 425 g/mol. The lowest BCUT2D eigenvalue weighted by atomic mass is 9.80. The average Bonchev–Trinajstić information content (AvgIpc) is 3.20. The molecule has 4 aromatic rings. The molecular formula is C26H23N3O3. The van der Waals surface area contributed by atoms with Gasteiger partial charge >= 0.3 is 5.97 Å². The highest BCUT2D eigenvalue weighted by Gasteiger charge is 2.41. The first kappa shape index (κ1) is 20.0. The zero-order valence-electron chi connectivity index (χ0n) is 17.9. The van der Waals surface area contributed by atoms with E-state index in [1.807, 2.05) is 73.7 Å². The zero-order chi connectivity index (χ0) is 22.2. The number of ether oxygens (including phenoxy) is 1. The van der Waals surface area contributed by atoms with Crippen molar-refractivity contribution in [2.75, 3.05) is 12.4 Å². The number of hydrogen-bond acceptors (Lipinski definition) is 5. The van der Waals surface area contributed by atoms with Crippen LogP contribution in [0.5, 0.6) is 0 Å². The molecule has 1 aliphatic heterocycles. The van der Waals surface area contributed by atoms with Crippen molar-refractivity contribution in [2.24, 2.45) is 5.92 Å². The second kappa shape index (κ2) is 7.96. The molecule has 0 saturated carbocycles. The lowest BCUT2D eigenvalue weighted by Crippen LogP contribution is -2.44. The topological polar surface area (TPSA) is 73.2 Å². The molecule has 0 spiro atoms. The highest BCUT2D eigenvalue weighted by Crippen LogP contribution is 2.41. The molecule has 0 fully saturated rings. The van der Waals surface area contributed by atoms with Gasteiger partial charge in [0.25, 0.3) is 0 Å². The number of Topliss-reactive ketones (excluding diaryl/α,β-unsaturated/α-hetero) is 1. The number of nitrogens with zero attached hydrogens (tertiary/aromatic N) is 2. The molecule has 1 aliphatic rings. The third-order valence-corrected chi connectivity index (χ3v) is 6.14. The standard InChI is InChI=1S/C26H23N3O3/c1-16-22(24(30)18-8-4-3-5-9-18)23(17-12-14-19(15-13-17)25(31)32-2)29-21-11-7-6-10-20(21)28-26(29)27-16/h3-16,22-23H,1-2H3,(H,27,28)/t16-,22+,23-/m1/s1. The number of para-hydroxylation sites is 2. The number of rotatable bonds is 4. The van der Waals surface area contributed by atoms with E-state index in [0.29, 0.717) is 11.1 Å². The van der Waals surface area contributed by atoms with E-state index in [1.54, 1.807) is 12.1 Å². The SMILES string of the molecule is COC(=O)c1ccc([C@@H]2[C@@H](C(=O)c3ccccc3)[C@@H](C)Nc3nc4ccccc4n32)cc1. The minimum Gasteiger partial charge on any atom is -0.465 e. The van der Waals surface area contributed by atoms with Crippen LogP contribution >= 0.6 is 0 Å². The fraction of sp³-hybridized carbons (Fsp3) is 0.192. The summed E-state index contributed by atoms with van der Waals surface area (Å²) in [6.07, 6.45) is 0. The van der Waals surface area contributed by atoms with Crippen LogP contribution in [0, 0.1) is 5.92 Å². The molecule has 5 rings (SSSR count). The molecule has 0 aliphatic carbocycles. The maximum Gasteiger partial charge on any atom is 0.337 e. The van der Waals surface area contributed by atoms with Crippen LogP contribution in [-0.4, -0.2) is 34.5 Å². The van der Waals surface area contributed by atoms with Crippen LogP contribution in [0.25, 0.3) is 11.0 Å². The number of benzene rings is 3. The molecule has 0 saturated heterocycles. The van der Waals surface area contributed by atoms with E-state index >= 15 is 0 Å². The summed E-state index contributed by atoms with van der Waals surface area (Å²) in [6.45, 7) is 2.02. The van der Waals surface area contributed by atoms with Gasteiger partial charge in [0.1, 0.15) is 0 Å². The second-order valence-corrected chi connectivity index (χ2v) is 8.04. The number of nitrogens with one attached hydrogen (secondary N) is 1. The molecule has 0 amide bonds. The second-order valence-electron chi connectivity index (χ2n) is 8.04. The van der Waals surface area contributed by atoms with Crippen LogP contribution in [0.2, 0.25) is 0 Å². The molecule has 1 N–H and O–H groups in total. The molecule has 0 unspecified atom stereocenters. The molecule has 160 valence electrons. The van der Waals surface area contributed by atoms with Crippen molar-refractivity contribution < 1.29 is 14.3 Å². The summed E-state index contributed by atoms with van der Waals surface area (Å²) in [6, 6.07) is 24.2. The smallest absolute Gasteiger partial charge is 0.337 e. The summed E-state index contributed by atoms with van der Waals surface area (Å²) >= 11 is 0. The van der Waals surface area contributed by atoms with E-state index in [4.69, 9.17) is 9.72 Å². The number of methoxy groups -OCH3 is 1. The van der Waals surface area contributed by atoms with Gasteiger partial charge in [0.2, 0.25) is 5.95 Å². The number of carbonyl (C=O) groups excluding carboxylic acids is 2. The summed E-state index contributed by atoms with van der Waals surface area (Å²) in [5, 5.41) is 3.45. The first-order chi connectivity index (χ1) is 15.6. The first-order valence-electron chi connectivity index (χ1n) is 10.6. The lowest BCUT2D eigenvalue weighted by Gasteiger charge is -2.38. The van der Waals surface area contributed by atoms with Crippen LogP contribution in [0.1, 0.15) is 39.2 Å². The zero-order valence-corrected chi connectivity index (χ0v) is 17.9. The summed E-state index contributed by atoms with van der Waals surface area (Å²) in [5.74, 6) is 0.0429. The predicted molar refractivity (Wildman–Crippen MR) is 123 cm³/mol. The molecule has 3 aromatic carbocycles.